The van der Waals surface area contributed by atoms with Crippen LogP contribution in [0.15, 0.2) is 0 Å². The SMILES string of the molecule is CCCC(CC)CCCC(CCC)[CH2][Ga][CH]1CCCCC1.[H-].[H-]. The van der Waals surface area contributed by atoms with Crippen molar-refractivity contribution in [2.24, 2.45) is 11.8 Å². The van der Waals surface area contributed by atoms with Crippen LogP contribution in [0.25, 0.3) is 0 Å². The largest absolute Gasteiger partial charge is 1.00 e. The molecule has 2 atom stereocenters. The van der Waals surface area contributed by atoms with Gasteiger partial charge in [-0.1, -0.05) is 0 Å². The van der Waals surface area contributed by atoms with Crippen molar-refractivity contribution < 1.29 is 2.85 Å². The average Bonchev–Trinajstić information content (AvgIpc) is 2.52. The molecule has 0 bridgehead atoms. The van der Waals surface area contributed by atoms with Crippen LogP contribution >= 0.6 is 0 Å². The van der Waals surface area contributed by atoms with Crippen LogP contribution in [0.5, 0.6) is 0 Å². The first-order valence-electron chi connectivity index (χ1n) is 10.1. The van der Waals surface area contributed by atoms with Crippen LogP contribution in [0.1, 0.15) is 107 Å². The van der Waals surface area contributed by atoms with Crippen LogP contribution < -0.4 is 0 Å². The molecule has 1 fully saturated rings. The second-order valence-corrected chi connectivity index (χ2v) is 11.5. The van der Waals surface area contributed by atoms with Crippen molar-refractivity contribution in [1.29, 1.82) is 0 Å². The van der Waals surface area contributed by atoms with Crippen LogP contribution in [-0.2, 0) is 0 Å². The van der Waals surface area contributed by atoms with Crippen molar-refractivity contribution in [2.75, 3.05) is 0 Å². The minimum atomic E-state index is 0. The smallest absolute Gasteiger partial charge is 1.00 e. The standard InChI is InChI=1S/C14H29.C6H11.Ga.2H/c1-5-9-13(4)11-8-12-14(7-3)10-6-2;1-2-4-6-5-3-1;;;/h13-14H,4-12H2,1-3H3;1H,2-6H2;;;/q;;;2*-1. The molecule has 0 aromatic rings. The molecule has 0 amide bonds. The summed E-state index contributed by atoms with van der Waals surface area (Å²) in [4.78, 5) is 1.69. The van der Waals surface area contributed by atoms with E-state index in [-0.39, 0.29) is 20.3 Å². The topological polar surface area (TPSA) is 0 Å². The fraction of sp³-hybridized carbons (Fsp3) is 1.00. The van der Waals surface area contributed by atoms with E-state index in [9.17, 15) is 0 Å². The zero-order valence-electron chi connectivity index (χ0n) is 17.2. The molecule has 2 unspecified atom stereocenters. The van der Waals surface area contributed by atoms with Gasteiger partial charge < -0.3 is 2.85 Å². The number of hydrogen-bond acceptors (Lipinski definition) is 0. The summed E-state index contributed by atoms with van der Waals surface area (Å²) in [6, 6.07) is 0. The van der Waals surface area contributed by atoms with Gasteiger partial charge >= 0.3 is 143 Å². The minimum absolute atomic E-state index is 0. The third kappa shape index (κ3) is 9.38. The van der Waals surface area contributed by atoms with E-state index in [1.165, 1.54) is 55.8 Å². The summed E-state index contributed by atoms with van der Waals surface area (Å²) in [6.45, 7) is 7.13. The Morgan fingerprint density at radius 3 is 2.10 bits per heavy atom. The van der Waals surface area contributed by atoms with E-state index >= 15 is 0 Å². The fourth-order valence-electron chi connectivity index (χ4n) is 4.20. The molecule has 1 aliphatic carbocycles. The van der Waals surface area contributed by atoms with Gasteiger partial charge in [0.2, 0.25) is 0 Å². The molecule has 1 radical (unpaired) electrons. The van der Waals surface area contributed by atoms with E-state index < -0.39 is 0 Å². The van der Waals surface area contributed by atoms with Gasteiger partial charge in [-0.05, 0) is 0 Å². The third-order valence-corrected chi connectivity index (χ3v) is 10.4. The van der Waals surface area contributed by atoms with Crippen LogP contribution in [-0.4, -0.2) is 17.4 Å². The number of hydrogen-bond donors (Lipinski definition) is 0. The predicted molar refractivity (Wildman–Crippen MR) is 101 cm³/mol. The molecule has 1 saturated carbocycles. The quantitative estimate of drug-likeness (QED) is 0.319. The Balaban J connectivity index is 0. The van der Waals surface area contributed by atoms with E-state index in [0.29, 0.717) is 0 Å². The molecule has 0 aromatic carbocycles. The van der Waals surface area contributed by atoms with Crippen molar-refractivity contribution in [3.63, 3.8) is 0 Å². The monoisotopic (exact) mass is 351 g/mol. The zero-order valence-corrected chi connectivity index (χ0v) is 17.6. The molecule has 0 nitrogen and oxygen atoms in total. The summed E-state index contributed by atoms with van der Waals surface area (Å²) in [7, 11) is 0. The van der Waals surface area contributed by atoms with Crippen LogP contribution in [0.2, 0.25) is 9.45 Å². The molecule has 21 heavy (non-hydrogen) atoms. The zero-order chi connectivity index (χ0) is 15.3. The third-order valence-electron chi connectivity index (χ3n) is 5.65. The van der Waals surface area contributed by atoms with Crippen molar-refractivity contribution in [2.45, 2.75) is 114 Å². The van der Waals surface area contributed by atoms with Gasteiger partial charge in [-0.15, -0.1) is 0 Å². The first kappa shape index (κ1) is 19.7. The van der Waals surface area contributed by atoms with Crippen molar-refractivity contribution in [1.82, 2.24) is 0 Å². The van der Waals surface area contributed by atoms with Crippen molar-refractivity contribution >= 4 is 17.4 Å². The van der Waals surface area contributed by atoms with Gasteiger partial charge in [-0.3, -0.25) is 0 Å². The average molecular weight is 352 g/mol. The molecular formula is C20H42Ga-2. The van der Waals surface area contributed by atoms with Gasteiger partial charge in [0, 0.05) is 0 Å². The van der Waals surface area contributed by atoms with Gasteiger partial charge in [0.25, 0.3) is 0 Å². The molecular weight excluding hydrogens is 310 g/mol. The first-order chi connectivity index (χ1) is 10.3. The molecule has 1 rings (SSSR count). The molecule has 0 saturated heterocycles. The van der Waals surface area contributed by atoms with Gasteiger partial charge in [0.15, 0.2) is 0 Å². The van der Waals surface area contributed by atoms with E-state index in [1.807, 2.05) is 0 Å². The maximum Gasteiger partial charge on any atom is -1.00 e. The Morgan fingerprint density at radius 2 is 1.48 bits per heavy atom. The van der Waals surface area contributed by atoms with E-state index in [0.717, 1.165) is 11.8 Å². The summed E-state index contributed by atoms with van der Waals surface area (Å²) < 4.78 is 1.24. The molecule has 0 aromatic heterocycles. The summed E-state index contributed by atoms with van der Waals surface area (Å²) in [6.07, 6.45) is 19.6. The van der Waals surface area contributed by atoms with Gasteiger partial charge in [0.05, 0.1) is 0 Å². The van der Waals surface area contributed by atoms with Crippen LogP contribution in [0.4, 0.5) is 0 Å². The summed E-state index contributed by atoms with van der Waals surface area (Å²) >= 11 is 0.0728. The predicted octanol–water partition coefficient (Wildman–Crippen LogP) is 7.50. The van der Waals surface area contributed by atoms with E-state index in [2.05, 4.69) is 20.8 Å². The number of rotatable bonds is 12. The second kappa shape index (κ2) is 13.1. The van der Waals surface area contributed by atoms with Gasteiger partial charge in [-0.25, -0.2) is 0 Å². The maximum absolute atomic E-state index is 2.39. The second-order valence-electron chi connectivity index (χ2n) is 7.52. The van der Waals surface area contributed by atoms with Crippen LogP contribution in [0.3, 0.4) is 0 Å². The minimum Gasteiger partial charge on any atom is -1.00 e. The van der Waals surface area contributed by atoms with Crippen molar-refractivity contribution in [3.05, 3.63) is 0 Å². The Kier molecular flexibility index (Phi) is 12.3. The molecule has 0 aliphatic heterocycles. The van der Waals surface area contributed by atoms with E-state index in [1.54, 1.807) is 37.1 Å². The fourth-order valence-corrected chi connectivity index (χ4v) is 8.78. The Bertz CT molecular complexity index is 230. The molecule has 0 spiro atoms. The molecule has 0 heterocycles. The maximum atomic E-state index is 2.39. The molecule has 1 aliphatic rings. The molecule has 127 valence electrons. The molecule has 1 heteroatoms. The summed E-state index contributed by atoms with van der Waals surface area (Å²) in [5, 5.41) is 0. The Labute approximate surface area is 146 Å². The molecule has 0 N–H and O–H groups in total. The van der Waals surface area contributed by atoms with E-state index in [4.69, 9.17) is 0 Å². The first-order valence-corrected chi connectivity index (χ1v) is 13.2. The summed E-state index contributed by atoms with van der Waals surface area (Å²) in [5.74, 6) is 2.13. The summed E-state index contributed by atoms with van der Waals surface area (Å²) in [5.41, 5.74) is 0. The van der Waals surface area contributed by atoms with Gasteiger partial charge in [-0.2, -0.15) is 0 Å². The Morgan fingerprint density at radius 1 is 0.857 bits per heavy atom. The van der Waals surface area contributed by atoms with Crippen molar-refractivity contribution in [3.8, 4) is 0 Å². The van der Waals surface area contributed by atoms with Crippen LogP contribution in [0, 0.1) is 11.8 Å². The Hall–Kier alpha value is 0.636. The van der Waals surface area contributed by atoms with Gasteiger partial charge in [0.1, 0.15) is 0 Å². The normalized spacial score (nSPS) is 19.4.